The molecule has 1 aliphatic heterocycles. The van der Waals surface area contributed by atoms with Crippen LogP contribution in [0.5, 0.6) is 0 Å². The summed E-state index contributed by atoms with van der Waals surface area (Å²) in [5.41, 5.74) is 0.769. The van der Waals surface area contributed by atoms with Gasteiger partial charge in [0.05, 0.1) is 17.8 Å². The van der Waals surface area contributed by atoms with Crippen LogP contribution in [0.3, 0.4) is 0 Å². The number of para-hydroxylation sites is 1. The summed E-state index contributed by atoms with van der Waals surface area (Å²) in [4.78, 5) is 28.4. The molecule has 0 saturated carbocycles. The van der Waals surface area contributed by atoms with E-state index in [0.717, 1.165) is 0 Å². The van der Waals surface area contributed by atoms with E-state index < -0.39 is 5.82 Å². The van der Waals surface area contributed by atoms with Crippen LogP contribution in [0.25, 0.3) is 0 Å². The van der Waals surface area contributed by atoms with Crippen molar-refractivity contribution in [1.29, 1.82) is 0 Å². The first kappa shape index (κ1) is 18.1. The summed E-state index contributed by atoms with van der Waals surface area (Å²) >= 11 is 0. The van der Waals surface area contributed by atoms with Gasteiger partial charge >= 0.3 is 0 Å². The fourth-order valence-corrected chi connectivity index (χ4v) is 3.08. The quantitative estimate of drug-likeness (QED) is 0.911. The monoisotopic (exact) mass is 359 g/mol. The van der Waals surface area contributed by atoms with Crippen molar-refractivity contribution in [3.05, 3.63) is 53.2 Å². The van der Waals surface area contributed by atoms with Gasteiger partial charge in [0, 0.05) is 26.2 Å². The van der Waals surface area contributed by atoms with Crippen LogP contribution < -0.4 is 5.32 Å². The van der Waals surface area contributed by atoms with Crippen molar-refractivity contribution in [2.24, 2.45) is 0 Å². The maximum absolute atomic E-state index is 13.6. The number of carbonyl (C=O) groups excluding carboxylic acids is 2. The number of anilines is 1. The predicted octanol–water partition coefficient (Wildman–Crippen LogP) is 2.43. The molecule has 0 aliphatic carbocycles. The van der Waals surface area contributed by atoms with Crippen LogP contribution in [-0.2, 0) is 4.79 Å². The molecule has 2 heterocycles. The van der Waals surface area contributed by atoms with Gasteiger partial charge in [0.2, 0.25) is 5.91 Å². The summed E-state index contributed by atoms with van der Waals surface area (Å²) in [5, 5.41) is 2.58. The van der Waals surface area contributed by atoms with Gasteiger partial charge in [-0.3, -0.25) is 14.5 Å². The van der Waals surface area contributed by atoms with Gasteiger partial charge in [0.1, 0.15) is 17.3 Å². The van der Waals surface area contributed by atoms with E-state index in [-0.39, 0.29) is 24.0 Å². The Morgan fingerprint density at radius 2 is 1.85 bits per heavy atom. The Kier molecular flexibility index (Phi) is 5.37. The number of furan rings is 1. The molecule has 1 aromatic carbocycles. The van der Waals surface area contributed by atoms with E-state index in [1.807, 2.05) is 11.8 Å². The number of piperazine rings is 1. The first-order chi connectivity index (χ1) is 12.4. The van der Waals surface area contributed by atoms with Crippen LogP contribution in [0.4, 0.5) is 10.1 Å². The first-order valence-electron chi connectivity index (χ1n) is 8.57. The summed E-state index contributed by atoms with van der Waals surface area (Å²) in [6.07, 6.45) is 0. The number of aryl methyl sites for hydroxylation is 2. The molecular weight excluding hydrogens is 337 g/mol. The normalized spacial score (nSPS) is 15.1. The van der Waals surface area contributed by atoms with Crippen LogP contribution >= 0.6 is 0 Å². The molecule has 2 aromatic rings. The average Bonchev–Trinajstić information content (AvgIpc) is 2.95. The number of amides is 2. The molecule has 0 atom stereocenters. The Morgan fingerprint density at radius 1 is 1.15 bits per heavy atom. The number of nitrogens with zero attached hydrogens (tertiary/aromatic N) is 2. The van der Waals surface area contributed by atoms with Crippen molar-refractivity contribution < 1.29 is 18.4 Å². The molecule has 6 nitrogen and oxygen atoms in total. The molecule has 1 aliphatic rings. The number of hydrogen-bond acceptors (Lipinski definition) is 4. The smallest absolute Gasteiger partial charge is 0.257 e. The van der Waals surface area contributed by atoms with Crippen LogP contribution in [-0.4, -0.2) is 54.3 Å². The van der Waals surface area contributed by atoms with E-state index in [9.17, 15) is 14.0 Å². The summed E-state index contributed by atoms with van der Waals surface area (Å²) in [7, 11) is 0. The largest absolute Gasteiger partial charge is 0.466 e. The number of carbonyl (C=O) groups is 2. The van der Waals surface area contributed by atoms with Gasteiger partial charge in [0.25, 0.3) is 5.91 Å². The minimum absolute atomic E-state index is 0.0465. The second kappa shape index (κ2) is 7.70. The standard InChI is InChI=1S/C19H22FN3O3/c1-13-11-15(14(2)26-13)19(25)23-9-7-22(8-10-23)12-18(24)21-17-6-4-3-5-16(17)20/h3-6,11H,7-10,12H2,1-2H3,(H,21,24). The summed E-state index contributed by atoms with van der Waals surface area (Å²) in [6, 6.07) is 7.83. The molecule has 1 fully saturated rings. The van der Waals surface area contributed by atoms with Crippen molar-refractivity contribution in [2.75, 3.05) is 38.0 Å². The number of benzene rings is 1. The van der Waals surface area contributed by atoms with Crippen molar-refractivity contribution in [3.63, 3.8) is 0 Å². The lowest BCUT2D eigenvalue weighted by Gasteiger charge is -2.34. The molecule has 0 bridgehead atoms. The zero-order chi connectivity index (χ0) is 18.7. The average molecular weight is 359 g/mol. The Morgan fingerprint density at radius 3 is 2.46 bits per heavy atom. The molecule has 1 N–H and O–H groups in total. The molecule has 3 rings (SSSR count). The van der Waals surface area contributed by atoms with E-state index in [4.69, 9.17) is 4.42 Å². The zero-order valence-corrected chi connectivity index (χ0v) is 14.9. The molecule has 0 radical (unpaired) electrons. The van der Waals surface area contributed by atoms with Gasteiger partial charge in [0.15, 0.2) is 0 Å². The fourth-order valence-electron chi connectivity index (χ4n) is 3.08. The van der Waals surface area contributed by atoms with Gasteiger partial charge in [-0.25, -0.2) is 4.39 Å². The highest BCUT2D eigenvalue weighted by Crippen LogP contribution is 2.17. The molecule has 26 heavy (non-hydrogen) atoms. The van der Waals surface area contributed by atoms with Gasteiger partial charge in [-0.1, -0.05) is 12.1 Å². The highest BCUT2D eigenvalue weighted by molar-refractivity contribution is 5.95. The molecule has 1 saturated heterocycles. The van der Waals surface area contributed by atoms with E-state index in [1.54, 1.807) is 30.0 Å². The van der Waals surface area contributed by atoms with Gasteiger partial charge in [-0.05, 0) is 32.0 Å². The highest BCUT2D eigenvalue weighted by atomic mass is 19.1. The van der Waals surface area contributed by atoms with E-state index in [1.165, 1.54) is 12.1 Å². The second-order valence-electron chi connectivity index (χ2n) is 6.42. The molecular formula is C19H22FN3O3. The third kappa shape index (κ3) is 4.11. The van der Waals surface area contributed by atoms with Crippen molar-refractivity contribution in [3.8, 4) is 0 Å². The number of hydrogen-bond donors (Lipinski definition) is 1. The summed E-state index contributed by atoms with van der Waals surface area (Å²) in [5.74, 6) is 0.571. The van der Waals surface area contributed by atoms with Crippen LogP contribution in [0.1, 0.15) is 21.9 Å². The zero-order valence-electron chi connectivity index (χ0n) is 14.9. The lowest BCUT2D eigenvalue weighted by Crippen LogP contribution is -2.50. The lowest BCUT2D eigenvalue weighted by atomic mass is 10.2. The van der Waals surface area contributed by atoms with Gasteiger partial charge in [-0.2, -0.15) is 0 Å². The van der Waals surface area contributed by atoms with Gasteiger partial charge in [-0.15, -0.1) is 0 Å². The van der Waals surface area contributed by atoms with Gasteiger partial charge < -0.3 is 14.6 Å². The first-order valence-corrected chi connectivity index (χ1v) is 8.57. The Hall–Kier alpha value is -2.67. The van der Waals surface area contributed by atoms with Crippen LogP contribution in [0.2, 0.25) is 0 Å². The Bertz CT molecular complexity index is 810. The van der Waals surface area contributed by atoms with Crippen molar-refractivity contribution in [2.45, 2.75) is 13.8 Å². The maximum atomic E-state index is 13.6. The molecule has 0 unspecified atom stereocenters. The highest BCUT2D eigenvalue weighted by Gasteiger charge is 2.25. The van der Waals surface area contributed by atoms with Crippen molar-refractivity contribution >= 4 is 17.5 Å². The number of rotatable bonds is 4. The Balaban J connectivity index is 1.51. The molecule has 138 valence electrons. The molecule has 0 spiro atoms. The van der Waals surface area contributed by atoms with Crippen LogP contribution in [0, 0.1) is 19.7 Å². The van der Waals surface area contributed by atoms with E-state index >= 15 is 0 Å². The van der Waals surface area contributed by atoms with Crippen molar-refractivity contribution in [1.82, 2.24) is 9.80 Å². The topological polar surface area (TPSA) is 65.8 Å². The minimum Gasteiger partial charge on any atom is -0.466 e. The number of nitrogens with one attached hydrogen (secondary N) is 1. The molecule has 2 amide bonds. The second-order valence-corrected chi connectivity index (χ2v) is 6.42. The number of halogens is 1. The third-order valence-electron chi connectivity index (χ3n) is 4.45. The maximum Gasteiger partial charge on any atom is 0.257 e. The Labute approximate surface area is 151 Å². The fraction of sp³-hybridized carbons (Fsp3) is 0.368. The summed E-state index contributed by atoms with van der Waals surface area (Å²) in [6.45, 7) is 6.02. The van der Waals surface area contributed by atoms with Crippen LogP contribution in [0.15, 0.2) is 34.7 Å². The summed E-state index contributed by atoms with van der Waals surface area (Å²) < 4.78 is 19.0. The lowest BCUT2D eigenvalue weighted by molar-refractivity contribution is -0.117. The molecule has 7 heteroatoms. The van der Waals surface area contributed by atoms with E-state index in [0.29, 0.717) is 43.3 Å². The van der Waals surface area contributed by atoms with E-state index in [2.05, 4.69) is 5.32 Å². The SMILES string of the molecule is Cc1cc(C(=O)N2CCN(CC(=O)Nc3ccccc3F)CC2)c(C)o1. The minimum atomic E-state index is -0.456. The predicted molar refractivity (Wildman–Crippen MR) is 95.6 cm³/mol. The third-order valence-corrected chi connectivity index (χ3v) is 4.45. The molecule has 1 aromatic heterocycles.